The average molecular weight is 559 g/mol. The Morgan fingerprint density at radius 3 is 2.12 bits per heavy atom. The maximum absolute atomic E-state index is 14.3. The van der Waals surface area contributed by atoms with Gasteiger partial charge in [0.1, 0.15) is 12.0 Å². The molecule has 2 N–H and O–H groups in total. The molecule has 0 saturated carbocycles. The van der Waals surface area contributed by atoms with Crippen molar-refractivity contribution in [2.45, 2.75) is 43.6 Å². The smallest absolute Gasteiger partial charge is 0.315 e. The zero-order valence-electron chi connectivity index (χ0n) is 22.5. The Morgan fingerprint density at radius 1 is 0.976 bits per heavy atom. The number of non-ortho nitro benzene ring substituents is 1. The summed E-state index contributed by atoms with van der Waals surface area (Å²) in [6, 6.07) is 20.3. The Balaban J connectivity index is 1.69. The lowest BCUT2D eigenvalue weighted by Crippen LogP contribution is -2.55. The van der Waals surface area contributed by atoms with Gasteiger partial charge in [-0.05, 0) is 29.7 Å². The van der Waals surface area contributed by atoms with Crippen LogP contribution in [0.25, 0.3) is 0 Å². The van der Waals surface area contributed by atoms with Gasteiger partial charge in [-0.3, -0.25) is 24.5 Å². The van der Waals surface area contributed by atoms with E-state index < -0.39 is 52.5 Å². The van der Waals surface area contributed by atoms with Gasteiger partial charge < -0.3 is 15.2 Å². The predicted molar refractivity (Wildman–Crippen MR) is 147 cm³/mol. The average Bonchev–Trinajstić information content (AvgIpc) is 3.42. The van der Waals surface area contributed by atoms with Gasteiger partial charge in [0.2, 0.25) is 0 Å². The molecule has 2 saturated heterocycles. The summed E-state index contributed by atoms with van der Waals surface area (Å²) in [4.78, 5) is 51.8. The van der Waals surface area contributed by atoms with Crippen LogP contribution in [0.1, 0.15) is 53.3 Å². The molecule has 2 amide bonds. The van der Waals surface area contributed by atoms with Crippen LogP contribution in [0.5, 0.6) is 0 Å². The SMILES string of the molecule is CCC[C@]1(O)[C@@H](C(=O)OC)[C@H](c2ccc([N+](=O)[O-])cc2)N2[C@H](c3ccccc3)[C@@H](NC(=O)c3ccccc3)C(=O)N21. The molecule has 212 valence electrons. The van der Waals surface area contributed by atoms with Crippen LogP contribution >= 0.6 is 0 Å². The van der Waals surface area contributed by atoms with Crippen molar-refractivity contribution < 1.29 is 29.2 Å². The van der Waals surface area contributed by atoms with E-state index >= 15 is 0 Å². The first-order valence-corrected chi connectivity index (χ1v) is 13.3. The minimum Gasteiger partial charge on any atom is -0.469 e. The van der Waals surface area contributed by atoms with Crippen molar-refractivity contribution in [1.29, 1.82) is 0 Å². The zero-order chi connectivity index (χ0) is 29.3. The largest absolute Gasteiger partial charge is 0.469 e. The normalized spacial score (nSPS) is 25.5. The van der Waals surface area contributed by atoms with E-state index in [2.05, 4.69) is 5.32 Å². The number of carbonyl (C=O) groups excluding carboxylic acids is 3. The zero-order valence-corrected chi connectivity index (χ0v) is 22.5. The van der Waals surface area contributed by atoms with Crippen LogP contribution in [0.4, 0.5) is 5.69 Å². The number of aliphatic hydroxyl groups is 1. The highest BCUT2D eigenvalue weighted by Crippen LogP contribution is 2.56. The molecular weight excluding hydrogens is 528 g/mol. The minimum atomic E-state index is -2.00. The van der Waals surface area contributed by atoms with E-state index in [0.29, 0.717) is 23.1 Å². The lowest BCUT2D eigenvalue weighted by Gasteiger charge is -2.35. The number of hydrogen-bond donors (Lipinski definition) is 2. The fourth-order valence-corrected chi connectivity index (χ4v) is 6.05. The Hall–Kier alpha value is -4.61. The Bertz CT molecular complexity index is 1450. The number of hydrogen-bond acceptors (Lipinski definition) is 8. The molecule has 3 aromatic rings. The summed E-state index contributed by atoms with van der Waals surface area (Å²) in [5.74, 6) is -3.03. The third-order valence-electron chi connectivity index (χ3n) is 7.75. The number of rotatable bonds is 8. The molecule has 41 heavy (non-hydrogen) atoms. The van der Waals surface area contributed by atoms with Gasteiger partial charge in [-0.15, -0.1) is 0 Å². The summed E-state index contributed by atoms with van der Waals surface area (Å²) >= 11 is 0. The van der Waals surface area contributed by atoms with Crippen molar-refractivity contribution >= 4 is 23.5 Å². The summed E-state index contributed by atoms with van der Waals surface area (Å²) < 4.78 is 5.14. The minimum absolute atomic E-state index is 0.0410. The summed E-state index contributed by atoms with van der Waals surface area (Å²) in [6.45, 7) is 1.82. The van der Waals surface area contributed by atoms with E-state index in [1.165, 1.54) is 36.4 Å². The van der Waals surface area contributed by atoms with Gasteiger partial charge in [0.05, 0.1) is 24.1 Å². The van der Waals surface area contributed by atoms with Crippen LogP contribution in [0.3, 0.4) is 0 Å². The van der Waals surface area contributed by atoms with E-state index in [4.69, 9.17) is 4.74 Å². The number of nitro benzene ring substituents is 1. The number of methoxy groups -OCH3 is 1. The monoisotopic (exact) mass is 558 g/mol. The molecule has 0 unspecified atom stereocenters. The number of hydrazine groups is 1. The second-order valence-electron chi connectivity index (χ2n) is 10.1. The number of esters is 1. The lowest BCUT2D eigenvalue weighted by atomic mass is 9.82. The van der Waals surface area contributed by atoms with Crippen molar-refractivity contribution in [2.75, 3.05) is 7.11 Å². The van der Waals surface area contributed by atoms with Crippen molar-refractivity contribution in [3.8, 4) is 0 Å². The summed E-state index contributed by atoms with van der Waals surface area (Å²) in [7, 11) is 1.21. The molecule has 5 rings (SSSR count). The fraction of sp³-hybridized carbons (Fsp3) is 0.300. The van der Waals surface area contributed by atoms with Gasteiger partial charge in [-0.25, -0.2) is 5.01 Å². The maximum atomic E-state index is 14.3. The molecule has 11 nitrogen and oxygen atoms in total. The third-order valence-corrected chi connectivity index (χ3v) is 7.75. The molecule has 0 radical (unpaired) electrons. The predicted octanol–water partition coefficient (Wildman–Crippen LogP) is 3.53. The number of ether oxygens (including phenoxy) is 1. The lowest BCUT2D eigenvalue weighted by molar-refractivity contribution is -0.384. The number of nitro groups is 1. The topological polar surface area (TPSA) is 142 Å². The Morgan fingerprint density at radius 2 is 1.56 bits per heavy atom. The number of benzene rings is 3. The van der Waals surface area contributed by atoms with E-state index in [0.717, 1.165) is 0 Å². The number of amides is 2. The standard InChI is InChI=1S/C30H30N4O7/c1-3-18-30(38)23(29(37)41-2)25(20-14-16-22(17-15-20)34(39)40)32-26(19-10-6-4-7-11-19)24(28(36)33(30)32)31-27(35)21-12-8-5-9-13-21/h4-17,23-26,38H,3,18H2,1-2H3,(H,31,35)/t23-,24-,25+,26-,30+/m1/s1. The molecule has 2 heterocycles. The summed E-state index contributed by atoms with van der Waals surface area (Å²) in [5, 5.41) is 29.3. The second kappa shape index (κ2) is 11.1. The van der Waals surface area contributed by atoms with Gasteiger partial charge in [-0.1, -0.05) is 74.0 Å². The molecule has 11 heteroatoms. The maximum Gasteiger partial charge on any atom is 0.315 e. The van der Waals surface area contributed by atoms with E-state index in [1.807, 2.05) is 13.0 Å². The first-order chi connectivity index (χ1) is 19.7. The summed E-state index contributed by atoms with van der Waals surface area (Å²) in [5.41, 5.74) is -0.653. The Kier molecular flexibility index (Phi) is 7.57. The number of fused-ring (bicyclic) bond motifs is 1. The number of carbonyl (C=O) groups is 3. The quantitative estimate of drug-likeness (QED) is 0.243. The van der Waals surface area contributed by atoms with Crippen LogP contribution in [0.2, 0.25) is 0 Å². The van der Waals surface area contributed by atoms with Crippen molar-refractivity contribution in [2.24, 2.45) is 5.92 Å². The van der Waals surface area contributed by atoms with Crippen LogP contribution < -0.4 is 5.32 Å². The first kappa shape index (κ1) is 27.9. The highest BCUT2D eigenvalue weighted by Gasteiger charge is 2.69. The van der Waals surface area contributed by atoms with Gasteiger partial charge >= 0.3 is 5.97 Å². The highest BCUT2D eigenvalue weighted by atomic mass is 16.6. The van der Waals surface area contributed by atoms with Crippen LogP contribution in [-0.4, -0.2) is 56.7 Å². The molecule has 3 aromatic carbocycles. The molecule has 0 aromatic heterocycles. The molecule has 0 aliphatic carbocycles. The van der Waals surface area contributed by atoms with Gasteiger partial charge in [0, 0.05) is 17.7 Å². The van der Waals surface area contributed by atoms with E-state index in [1.54, 1.807) is 59.6 Å². The fourth-order valence-electron chi connectivity index (χ4n) is 6.05. The first-order valence-electron chi connectivity index (χ1n) is 13.3. The van der Waals surface area contributed by atoms with Crippen molar-refractivity contribution in [1.82, 2.24) is 15.3 Å². The second-order valence-corrected chi connectivity index (χ2v) is 10.1. The van der Waals surface area contributed by atoms with Gasteiger partial charge in [-0.2, -0.15) is 5.01 Å². The van der Waals surface area contributed by atoms with Crippen molar-refractivity contribution in [3.63, 3.8) is 0 Å². The molecule has 0 spiro atoms. The molecule has 5 atom stereocenters. The highest BCUT2D eigenvalue weighted by molar-refractivity contribution is 5.98. The number of nitrogens with one attached hydrogen (secondary N) is 1. The third kappa shape index (κ3) is 4.72. The molecule has 2 fully saturated rings. The van der Waals surface area contributed by atoms with E-state index in [9.17, 15) is 29.6 Å². The Labute approximate surface area is 236 Å². The van der Waals surface area contributed by atoms with Crippen LogP contribution in [0, 0.1) is 16.0 Å². The molecule has 0 bridgehead atoms. The van der Waals surface area contributed by atoms with Crippen molar-refractivity contribution in [3.05, 3.63) is 112 Å². The van der Waals surface area contributed by atoms with Gasteiger partial charge in [0.15, 0.2) is 5.72 Å². The molecule has 2 aliphatic heterocycles. The molecule has 2 aliphatic rings. The van der Waals surface area contributed by atoms with Gasteiger partial charge in [0.25, 0.3) is 17.5 Å². The summed E-state index contributed by atoms with van der Waals surface area (Å²) in [6.07, 6.45) is 0.463. The van der Waals surface area contributed by atoms with Crippen LogP contribution in [-0.2, 0) is 14.3 Å². The number of nitrogens with zero attached hydrogens (tertiary/aromatic N) is 3. The molecular formula is C30H30N4O7. The van der Waals surface area contributed by atoms with E-state index in [-0.39, 0.29) is 12.1 Å². The van der Waals surface area contributed by atoms with Crippen LogP contribution in [0.15, 0.2) is 84.9 Å².